The Balaban J connectivity index is 1.57. The second-order valence-electron chi connectivity index (χ2n) is 9.02. The second-order valence-corrected chi connectivity index (χ2v) is 9.02. The summed E-state index contributed by atoms with van der Waals surface area (Å²) in [7, 11) is 3.41. The number of hydrogen-bond donors (Lipinski definition) is 0. The summed E-state index contributed by atoms with van der Waals surface area (Å²) in [6.07, 6.45) is 1.64. The molecule has 2 saturated heterocycles. The molecule has 2 fully saturated rings. The molecule has 174 valence electrons. The lowest BCUT2D eigenvalue weighted by Gasteiger charge is -2.43. The zero-order valence-corrected chi connectivity index (χ0v) is 19.3. The van der Waals surface area contributed by atoms with Gasteiger partial charge >= 0.3 is 0 Å². The fourth-order valence-corrected chi connectivity index (χ4v) is 4.67. The van der Waals surface area contributed by atoms with E-state index in [1.54, 1.807) is 23.9 Å². The van der Waals surface area contributed by atoms with Gasteiger partial charge in [0.05, 0.1) is 19.7 Å². The molecular formula is C26H31N3O4. The topological polar surface area (TPSA) is 70.2 Å². The van der Waals surface area contributed by atoms with E-state index in [0.29, 0.717) is 25.9 Å². The Labute approximate surface area is 194 Å². The maximum atomic E-state index is 13.3. The van der Waals surface area contributed by atoms with Gasteiger partial charge in [0.25, 0.3) is 5.91 Å². The molecule has 0 saturated carbocycles. The van der Waals surface area contributed by atoms with Gasteiger partial charge in [-0.15, -0.1) is 0 Å². The molecule has 2 aromatic rings. The van der Waals surface area contributed by atoms with Gasteiger partial charge in [-0.05, 0) is 23.1 Å². The molecule has 0 spiro atoms. The van der Waals surface area contributed by atoms with Gasteiger partial charge in [-0.3, -0.25) is 14.4 Å². The third kappa shape index (κ3) is 5.09. The molecule has 2 heterocycles. The third-order valence-electron chi connectivity index (χ3n) is 6.36. The molecule has 3 amide bonds. The van der Waals surface area contributed by atoms with Crippen molar-refractivity contribution in [2.24, 2.45) is 0 Å². The SMILES string of the molecule is CN(C)C(=O)[C@@]1(Cc2cccc(-c3ccccc3)c2)CN(C(=O)CN2CCCC2=O)CCO1. The van der Waals surface area contributed by atoms with Gasteiger partial charge in [0.2, 0.25) is 11.8 Å². The molecule has 0 aromatic heterocycles. The van der Waals surface area contributed by atoms with Crippen molar-refractivity contribution >= 4 is 17.7 Å². The predicted octanol–water partition coefficient (Wildman–Crippen LogP) is 2.20. The van der Waals surface area contributed by atoms with Crippen molar-refractivity contribution in [1.82, 2.24) is 14.7 Å². The highest BCUT2D eigenvalue weighted by Gasteiger charge is 2.46. The van der Waals surface area contributed by atoms with Crippen molar-refractivity contribution in [2.45, 2.75) is 24.9 Å². The summed E-state index contributed by atoms with van der Waals surface area (Å²) in [5.74, 6) is -0.283. The van der Waals surface area contributed by atoms with Crippen molar-refractivity contribution in [2.75, 3.05) is 46.9 Å². The lowest BCUT2D eigenvalue weighted by molar-refractivity contribution is -0.173. The summed E-state index contributed by atoms with van der Waals surface area (Å²) in [6.45, 7) is 1.53. The Morgan fingerprint density at radius 3 is 2.48 bits per heavy atom. The molecule has 33 heavy (non-hydrogen) atoms. The van der Waals surface area contributed by atoms with Crippen LogP contribution in [0.25, 0.3) is 11.1 Å². The first-order chi connectivity index (χ1) is 15.9. The van der Waals surface area contributed by atoms with E-state index in [-0.39, 0.29) is 37.4 Å². The smallest absolute Gasteiger partial charge is 0.256 e. The van der Waals surface area contributed by atoms with Crippen LogP contribution in [0.5, 0.6) is 0 Å². The molecule has 1 atom stereocenters. The summed E-state index contributed by atoms with van der Waals surface area (Å²) < 4.78 is 6.14. The number of morpholine rings is 1. The first kappa shape index (κ1) is 23.0. The average Bonchev–Trinajstić information content (AvgIpc) is 3.23. The number of ether oxygens (including phenoxy) is 1. The van der Waals surface area contributed by atoms with Gasteiger partial charge in [-0.25, -0.2) is 0 Å². The molecule has 0 aliphatic carbocycles. The molecule has 0 bridgehead atoms. The van der Waals surface area contributed by atoms with Gasteiger partial charge in [-0.2, -0.15) is 0 Å². The number of likely N-dealkylation sites (tertiary alicyclic amines) is 1. The molecule has 0 unspecified atom stereocenters. The summed E-state index contributed by atoms with van der Waals surface area (Å²) in [5, 5.41) is 0. The van der Waals surface area contributed by atoms with Crippen LogP contribution in [0.4, 0.5) is 0 Å². The van der Waals surface area contributed by atoms with Crippen molar-refractivity contribution in [1.29, 1.82) is 0 Å². The Morgan fingerprint density at radius 2 is 1.79 bits per heavy atom. The van der Waals surface area contributed by atoms with Gasteiger partial charge in [0.15, 0.2) is 5.60 Å². The fourth-order valence-electron chi connectivity index (χ4n) is 4.67. The van der Waals surface area contributed by atoms with Crippen LogP contribution in [0.15, 0.2) is 54.6 Å². The van der Waals surface area contributed by atoms with Gasteiger partial charge in [-0.1, -0.05) is 54.6 Å². The molecule has 7 nitrogen and oxygen atoms in total. The molecular weight excluding hydrogens is 418 g/mol. The van der Waals surface area contributed by atoms with Crippen molar-refractivity contribution < 1.29 is 19.1 Å². The maximum absolute atomic E-state index is 13.3. The van der Waals surface area contributed by atoms with Crippen LogP contribution in [-0.4, -0.2) is 84.9 Å². The van der Waals surface area contributed by atoms with Crippen LogP contribution < -0.4 is 0 Å². The normalized spacial score (nSPS) is 20.7. The minimum absolute atomic E-state index is 0.0185. The Morgan fingerprint density at radius 1 is 1.03 bits per heavy atom. The largest absolute Gasteiger partial charge is 0.361 e. The number of amides is 3. The van der Waals surface area contributed by atoms with Crippen LogP contribution in [0.3, 0.4) is 0 Å². The van der Waals surface area contributed by atoms with Crippen LogP contribution >= 0.6 is 0 Å². The van der Waals surface area contributed by atoms with Crippen LogP contribution in [0.1, 0.15) is 18.4 Å². The number of carbonyl (C=O) groups is 3. The number of rotatable bonds is 6. The highest BCUT2D eigenvalue weighted by molar-refractivity contribution is 5.89. The highest BCUT2D eigenvalue weighted by atomic mass is 16.5. The highest BCUT2D eigenvalue weighted by Crippen LogP contribution is 2.28. The lowest BCUT2D eigenvalue weighted by Crippen LogP contribution is -2.62. The number of hydrogen-bond acceptors (Lipinski definition) is 4. The standard InChI is InChI=1S/C26H31N3O4/c1-27(2)25(32)26(17-20-8-6-11-22(16-20)21-9-4-3-5-10-21)19-29(14-15-33-26)24(31)18-28-13-7-12-23(28)30/h3-6,8-11,16H,7,12-15,17-19H2,1-2H3/t26-/m1/s1. The van der Waals surface area contributed by atoms with Gasteiger partial charge in [0.1, 0.15) is 0 Å². The lowest BCUT2D eigenvalue weighted by atomic mass is 9.89. The number of carbonyl (C=O) groups excluding carboxylic acids is 3. The minimum Gasteiger partial charge on any atom is -0.361 e. The van der Waals surface area contributed by atoms with Crippen molar-refractivity contribution in [3.63, 3.8) is 0 Å². The second kappa shape index (κ2) is 9.75. The summed E-state index contributed by atoms with van der Waals surface area (Å²) in [6, 6.07) is 18.2. The van der Waals surface area contributed by atoms with Crippen LogP contribution in [-0.2, 0) is 25.5 Å². The zero-order valence-electron chi connectivity index (χ0n) is 19.3. The van der Waals surface area contributed by atoms with Crippen LogP contribution in [0.2, 0.25) is 0 Å². The van der Waals surface area contributed by atoms with E-state index < -0.39 is 5.60 Å². The molecule has 0 radical (unpaired) electrons. The summed E-state index contributed by atoms with van der Waals surface area (Å²) >= 11 is 0. The Bertz CT molecular complexity index is 1020. The van der Waals surface area contributed by atoms with E-state index in [4.69, 9.17) is 4.74 Å². The molecule has 2 aliphatic heterocycles. The molecule has 4 rings (SSSR count). The maximum Gasteiger partial charge on any atom is 0.256 e. The Hall–Kier alpha value is -3.19. The minimum atomic E-state index is -1.16. The van der Waals surface area contributed by atoms with E-state index in [2.05, 4.69) is 18.2 Å². The van der Waals surface area contributed by atoms with E-state index in [0.717, 1.165) is 23.1 Å². The number of nitrogens with zero attached hydrogens (tertiary/aromatic N) is 3. The average molecular weight is 450 g/mol. The molecule has 0 N–H and O–H groups in total. The van der Waals surface area contributed by atoms with E-state index >= 15 is 0 Å². The first-order valence-electron chi connectivity index (χ1n) is 11.4. The van der Waals surface area contributed by atoms with E-state index in [1.807, 2.05) is 36.4 Å². The number of likely N-dealkylation sites (N-methyl/N-ethyl adjacent to an activating group) is 1. The van der Waals surface area contributed by atoms with Crippen molar-refractivity contribution in [3.8, 4) is 11.1 Å². The number of benzene rings is 2. The molecule has 2 aliphatic rings. The quantitative estimate of drug-likeness (QED) is 0.678. The Kier molecular flexibility index (Phi) is 6.79. The van der Waals surface area contributed by atoms with E-state index in [9.17, 15) is 14.4 Å². The monoisotopic (exact) mass is 449 g/mol. The zero-order chi connectivity index (χ0) is 23.4. The predicted molar refractivity (Wildman–Crippen MR) is 125 cm³/mol. The van der Waals surface area contributed by atoms with Crippen LogP contribution in [0, 0.1) is 0 Å². The summed E-state index contributed by atoms with van der Waals surface area (Å²) in [4.78, 5) is 43.2. The summed E-state index contributed by atoms with van der Waals surface area (Å²) in [5.41, 5.74) is 1.97. The fraction of sp³-hybridized carbons (Fsp3) is 0.423. The van der Waals surface area contributed by atoms with Gasteiger partial charge in [0, 0.05) is 40.0 Å². The first-order valence-corrected chi connectivity index (χ1v) is 11.4. The van der Waals surface area contributed by atoms with E-state index in [1.165, 1.54) is 4.90 Å². The molecule has 2 aromatic carbocycles. The molecule has 7 heteroatoms. The van der Waals surface area contributed by atoms with Crippen molar-refractivity contribution in [3.05, 3.63) is 60.2 Å². The van der Waals surface area contributed by atoms with Gasteiger partial charge < -0.3 is 19.4 Å². The third-order valence-corrected chi connectivity index (χ3v) is 6.36.